The summed E-state index contributed by atoms with van der Waals surface area (Å²) in [6.07, 6.45) is -1.92. The highest BCUT2D eigenvalue weighted by atomic mass is 19.4. The van der Waals surface area contributed by atoms with Crippen LogP contribution in [0.5, 0.6) is 5.75 Å². The van der Waals surface area contributed by atoms with Crippen LogP contribution in [0.1, 0.15) is 10.4 Å². The fourth-order valence-corrected chi connectivity index (χ4v) is 2.82. The minimum Gasteiger partial charge on any atom is -0.472 e. The third kappa shape index (κ3) is 5.49. The van der Waals surface area contributed by atoms with Crippen molar-refractivity contribution < 1.29 is 31.9 Å². The molecule has 2 amide bonds. The molecule has 1 fully saturated rings. The van der Waals surface area contributed by atoms with Crippen LogP contribution in [0.2, 0.25) is 0 Å². The Balaban J connectivity index is 1.44. The van der Waals surface area contributed by atoms with Crippen LogP contribution >= 0.6 is 0 Å². The average molecular weight is 397 g/mol. The number of alkyl halides is 3. The van der Waals surface area contributed by atoms with Crippen LogP contribution in [-0.4, -0.2) is 60.7 Å². The van der Waals surface area contributed by atoms with E-state index in [1.165, 1.54) is 24.7 Å². The van der Waals surface area contributed by atoms with Gasteiger partial charge >= 0.3 is 6.36 Å². The number of rotatable bonds is 5. The first kappa shape index (κ1) is 19.7. The predicted molar refractivity (Wildman–Crippen MR) is 92.8 cm³/mol. The Labute approximate surface area is 158 Å². The molecular formula is C18H18F3N3O4. The van der Waals surface area contributed by atoms with Gasteiger partial charge < -0.3 is 19.4 Å². The second-order valence-corrected chi connectivity index (χ2v) is 6.20. The normalized spacial score (nSPS) is 15.3. The third-order valence-electron chi connectivity index (χ3n) is 4.17. The van der Waals surface area contributed by atoms with Gasteiger partial charge in [-0.3, -0.25) is 14.5 Å². The van der Waals surface area contributed by atoms with Gasteiger partial charge in [0.05, 0.1) is 18.4 Å². The number of anilines is 1. The molecule has 10 heteroatoms. The van der Waals surface area contributed by atoms with E-state index in [4.69, 9.17) is 4.42 Å². The van der Waals surface area contributed by atoms with Crippen molar-refractivity contribution in [3.8, 4) is 5.75 Å². The zero-order valence-corrected chi connectivity index (χ0v) is 14.7. The summed E-state index contributed by atoms with van der Waals surface area (Å²) in [5.41, 5.74) is 0.859. The molecule has 1 aliphatic heterocycles. The van der Waals surface area contributed by atoms with Crippen molar-refractivity contribution in [1.29, 1.82) is 0 Å². The third-order valence-corrected chi connectivity index (χ3v) is 4.17. The molecule has 2 aromatic rings. The molecule has 3 rings (SSSR count). The summed E-state index contributed by atoms with van der Waals surface area (Å²) >= 11 is 0. The number of carbonyl (C=O) groups excluding carboxylic acids is 2. The molecule has 0 spiro atoms. The zero-order valence-electron chi connectivity index (χ0n) is 14.7. The minimum absolute atomic E-state index is 0.112. The molecule has 150 valence electrons. The van der Waals surface area contributed by atoms with E-state index in [9.17, 15) is 22.8 Å². The molecule has 0 bridgehead atoms. The number of hydrogen-bond acceptors (Lipinski definition) is 5. The molecule has 0 atom stereocenters. The summed E-state index contributed by atoms with van der Waals surface area (Å²) in [4.78, 5) is 28.0. The number of amides is 2. The van der Waals surface area contributed by atoms with Crippen LogP contribution < -0.4 is 10.1 Å². The lowest BCUT2D eigenvalue weighted by Crippen LogP contribution is -2.50. The average Bonchev–Trinajstić information content (AvgIpc) is 3.17. The molecule has 1 N–H and O–H groups in total. The largest absolute Gasteiger partial charge is 0.573 e. The number of nitrogens with one attached hydrogen (secondary N) is 1. The van der Waals surface area contributed by atoms with Crippen molar-refractivity contribution in [3.63, 3.8) is 0 Å². The van der Waals surface area contributed by atoms with E-state index >= 15 is 0 Å². The van der Waals surface area contributed by atoms with E-state index in [-0.39, 0.29) is 24.1 Å². The zero-order chi connectivity index (χ0) is 20.1. The van der Waals surface area contributed by atoms with Crippen LogP contribution in [0, 0.1) is 0 Å². The molecule has 0 radical (unpaired) electrons. The second kappa shape index (κ2) is 8.34. The van der Waals surface area contributed by atoms with Crippen molar-refractivity contribution in [2.45, 2.75) is 6.36 Å². The summed E-state index contributed by atoms with van der Waals surface area (Å²) in [7, 11) is 0. The van der Waals surface area contributed by atoms with Crippen LogP contribution in [0.3, 0.4) is 0 Å². The van der Waals surface area contributed by atoms with Gasteiger partial charge in [-0.15, -0.1) is 13.2 Å². The summed E-state index contributed by atoms with van der Waals surface area (Å²) in [6, 6.07) is 6.53. The number of hydrogen-bond donors (Lipinski definition) is 1. The molecule has 28 heavy (non-hydrogen) atoms. The van der Waals surface area contributed by atoms with Crippen molar-refractivity contribution in [2.24, 2.45) is 0 Å². The van der Waals surface area contributed by atoms with Crippen molar-refractivity contribution in [2.75, 3.05) is 38.0 Å². The van der Waals surface area contributed by atoms with Gasteiger partial charge in [-0.1, -0.05) is 0 Å². The molecule has 0 unspecified atom stereocenters. The highest BCUT2D eigenvalue weighted by Crippen LogP contribution is 2.24. The summed E-state index contributed by atoms with van der Waals surface area (Å²) in [5, 5.41) is 2.63. The highest BCUT2D eigenvalue weighted by molar-refractivity contribution is 5.94. The first-order chi connectivity index (χ1) is 13.3. The van der Waals surface area contributed by atoms with Crippen molar-refractivity contribution >= 4 is 17.5 Å². The molecule has 1 saturated heterocycles. The molecule has 1 aromatic carbocycles. The maximum Gasteiger partial charge on any atom is 0.573 e. The Morgan fingerprint density at radius 2 is 1.75 bits per heavy atom. The van der Waals surface area contributed by atoms with Crippen LogP contribution in [0.4, 0.5) is 18.9 Å². The lowest BCUT2D eigenvalue weighted by molar-refractivity contribution is -0.274. The monoisotopic (exact) mass is 397 g/mol. The van der Waals surface area contributed by atoms with Crippen LogP contribution in [0.15, 0.2) is 47.3 Å². The molecule has 0 saturated carbocycles. The minimum atomic E-state index is -4.76. The second-order valence-electron chi connectivity index (χ2n) is 6.20. The van der Waals surface area contributed by atoms with E-state index in [2.05, 4.69) is 10.1 Å². The number of benzene rings is 1. The number of nitrogens with zero attached hydrogens (tertiary/aromatic N) is 2. The molecule has 1 aliphatic rings. The van der Waals surface area contributed by atoms with E-state index in [1.54, 1.807) is 11.0 Å². The Kier molecular flexibility index (Phi) is 5.88. The maximum atomic E-state index is 12.2. The fourth-order valence-electron chi connectivity index (χ4n) is 2.82. The fraction of sp³-hybridized carbons (Fsp3) is 0.333. The lowest BCUT2D eigenvalue weighted by atomic mass is 10.2. The predicted octanol–water partition coefficient (Wildman–Crippen LogP) is 2.57. The highest BCUT2D eigenvalue weighted by Gasteiger charge is 2.31. The standard InChI is InChI=1S/C18H18F3N3O4/c19-18(20,21)28-15-3-1-14(2-4-15)22-16(25)11-23-6-8-24(9-7-23)17(26)13-5-10-27-12-13/h1-5,10,12H,6-9,11H2,(H,22,25). The Bertz CT molecular complexity index is 798. The van der Waals surface area contributed by atoms with Gasteiger partial charge in [0, 0.05) is 31.9 Å². The lowest BCUT2D eigenvalue weighted by Gasteiger charge is -2.34. The molecule has 7 nitrogen and oxygen atoms in total. The molecule has 2 heterocycles. The summed E-state index contributed by atoms with van der Waals surface area (Å²) in [6.45, 7) is 2.17. The van der Waals surface area contributed by atoms with E-state index in [0.717, 1.165) is 12.1 Å². The van der Waals surface area contributed by atoms with Gasteiger partial charge in [-0.25, -0.2) is 0 Å². The first-order valence-electron chi connectivity index (χ1n) is 8.50. The Hall–Kier alpha value is -3.01. The number of carbonyl (C=O) groups is 2. The van der Waals surface area contributed by atoms with Gasteiger partial charge in [0.15, 0.2) is 0 Å². The van der Waals surface area contributed by atoms with E-state index in [1.807, 2.05) is 4.90 Å². The topological polar surface area (TPSA) is 75.0 Å². The molecular weight excluding hydrogens is 379 g/mol. The first-order valence-corrected chi connectivity index (χ1v) is 8.50. The van der Waals surface area contributed by atoms with Gasteiger partial charge in [0.2, 0.25) is 5.91 Å². The van der Waals surface area contributed by atoms with Crippen LogP contribution in [-0.2, 0) is 4.79 Å². The van der Waals surface area contributed by atoms with Gasteiger partial charge in [0.25, 0.3) is 5.91 Å². The SMILES string of the molecule is O=C(CN1CCN(C(=O)c2ccoc2)CC1)Nc1ccc(OC(F)(F)F)cc1. The van der Waals surface area contributed by atoms with Crippen molar-refractivity contribution in [1.82, 2.24) is 9.80 Å². The summed E-state index contributed by atoms with van der Waals surface area (Å²) < 4.78 is 45.1. The number of halogens is 3. The Morgan fingerprint density at radius 1 is 1.07 bits per heavy atom. The van der Waals surface area contributed by atoms with Gasteiger partial charge in [-0.05, 0) is 30.3 Å². The van der Waals surface area contributed by atoms with Crippen molar-refractivity contribution in [3.05, 3.63) is 48.4 Å². The molecule has 1 aromatic heterocycles. The smallest absolute Gasteiger partial charge is 0.472 e. The maximum absolute atomic E-state index is 12.2. The Morgan fingerprint density at radius 3 is 2.32 bits per heavy atom. The van der Waals surface area contributed by atoms with Gasteiger partial charge in [-0.2, -0.15) is 0 Å². The quantitative estimate of drug-likeness (QED) is 0.840. The molecule has 0 aliphatic carbocycles. The van der Waals surface area contributed by atoms with Crippen LogP contribution in [0.25, 0.3) is 0 Å². The number of furan rings is 1. The number of ether oxygens (including phenoxy) is 1. The summed E-state index contributed by atoms with van der Waals surface area (Å²) in [5.74, 6) is -0.762. The van der Waals surface area contributed by atoms with E-state index < -0.39 is 6.36 Å². The van der Waals surface area contributed by atoms with Gasteiger partial charge in [0.1, 0.15) is 12.0 Å². The van der Waals surface area contributed by atoms with E-state index in [0.29, 0.717) is 37.4 Å². The number of piperazine rings is 1.